The molecule has 0 bridgehead atoms. The second-order valence-electron chi connectivity index (χ2n) is 6.66. The third-order valence-corrected chi connectivity index (χ3v) is 5.47. The highest BCUT2D eigenvalue weighted by Gasteiger charge is 2.34. The summed E-state index contributed by atoms with van der Waals surface area (Å²) in [6, 6.07) is 4.68. The second-order valence-corrected chi connectivity index (χ2v) is 7.64. The first-order valence-electron chi connectivity index (χ1n) is 7.15. The average Bonchev–Trinajstić information content (AvgIpc) is 2.86. The van der Waals surface area contributed by atoms with Crippen LogP contribution in [0.4, 0.5) is 0 Å². The SMILES string of the molecule is CC(c1cccs1)N(C)CC1CC(C)(C)CCC1=O. The molecule has 1 aliphatic rings. The molecule has 3 heteroatoms. The molecule has 2 unspecified atom stereocenters. The van der Waals surface area contributed by atoms with Crippen LogP contribution in [0.5, 0.6) is 0 Å². The maximum Gasteiger partial charge on any atom is 0.137 e. The summed E-state index contributed by atoms with van der Waals surface area (Å²) in [5, 5.41) is 2.12. The van der Waals surface area contributed by atoms with E-state index < -0.39 is 0 Å². The Kier molecular flexibility index (Phi) is 4.46. The summed E-state index contributed by atoms with van der Waals surface area (Å²) in [4.78, 5) is 15.8. The number of Topliss-reactive ketones (excluding diaryl/α,β-unsaturated/α-hetero) is 1. The molecule has 1 heterocycles. The number of hydrogen-bond acceptors (Lipinski definition) is 3. The van der Waals surface area contributed by atoms with E-state index in [4.69, 9.17) is 0 Å². The zero-order chi connectivity index (χ0) is 14.0. The Hall–Kier alpha value is -0.670. The van der Waals surface area contributed by atoms with Crippen LogP contribution in [-0.4, -0.2) is 24.3 Å². The first-order valence-corrected chi connectivity index (χ1v) is 8.03. The van der Waals surface area contributed by atoms with Crippen LogP contribution in [0, 0.1) is 11.3 Å². The van der Waals surface area contributed by atoms with Crippen LogP contribution in [0.2, 0.25) is 0 Å². The van der Waals surface area contributed by atoms with Crippen molar-refractivity contribution >= 4 is 17.1 Å². The lowest BCUT2D eigenvalue weighted by atomic mass is 9.71. The van der Waals surface area contributed by atoms with Crippen LogP contribution in [0.25, 0.3) is 0 Å². The Balaban J connectivity index is 1.97. The predicted octanol–water partition coefficient (Wildman–Crippen LogP) is 4.14. The second kappa shape index (κ2) is 5.76. The van der Waals surface area contributed by atoms with Crippen molar-refractivity contribution in [3.8, 4) is 0 Å². The first-order chi connectivity index (χ1) is 8.89. The Labute approximate surface area is 120 Å². The van der Waals surface area contributed by atoms with Crippen molar-refractivity contribution in [3.05, 3.63) is 22.4 Å². The molecule has 0 radical (unpaired) electrons. The zero-order valence-corrected chi connectivity index (χ0v) is 13.3. The summed E-state index contributed by atoms with van der Waals surface area (Å²) in [5.41, 5.74) is 0.325. The molecule has 2 rings (SSSR count). The van der Waals surface area contributed by atoms with Crippen LogP contribution >= 0.6 is 11.3 Å². The van der Waals surface area contributed by atoms with Gasteiger partial charge < -0.3 is 0 Å². The summed E-state index contributed by atoms with van der Waals surface area (Å²) < 4.78 is 0. The maximum atomic E-state index is 12.1. The highest BCUT2D eigenvalue weighted by molar-refractivity contribution is 7.10. The quantitative estimate of drug-likeness (QED) is 0.825. The van der Waals surface area contributed by atoms with Crippen LogP contribution in [0.15, 0.2) is 17.5 Å². The molecule has 2 atom stereocenters. The molecule has 0 aromatic carbocycles. The summed E-state index contributed by atoms with van der Waals surface area (Å²) in [6.07, 6.45) is 2.85. The van der Waals surface area contributed by atoms with Gasteiger partial charge in [-0.25, -0.2) is 0 Å². The van der Waals surface area contributed by atoms with Gasteiger partial charge in [0, 0.05) is 29.8 Å². The maximum absolute atomic E-state index is 12.1. The molecule has 19 heavy (non-hydrogen) atoms. The molecule has 0 aliphatic heterocycles. The van der Waals surface area contributed by atoms with E-state index in [0.717, 1.165) is 25.8 Å². The van der Waals surface area contributed by atoms with Crippen LogP contribution < -0.4 is 0 Å². The lowest BCUT2D eigenvalue weighted by molar-refractivity contribution is -0.127. The van der Waals surface area contributed by atoms with Gasteiger partial charge in [0.15, 0.2) is 0 Å². The monoisotopic (exact) mass is 279 g/mol. The highest BCUT2D eigenvalue weighted by Crippen LogP contribution is 2.37. The number of rotatable bonds is 4. The van der Waals surface area contributed by atoms with Gasteiger partial charge in [-0.3, -0.25) is 9.69 Å². The fraction of sp³-hybridized carbons (Fsp3) is 0.688. The summed E-state index contributed by atoms with van der Waals surface area (Å²) in [6.45, 7) is 7.69. The van der Waals surface area contributed by atoms with Crippen molar-refractivity contribution < 1.29 is 4.79 Å². The summed E-state index contributed by atoms with van der Waals surface area (Å²) in [5.74, 6) is 0.681. The van der Waals surface area contributed by atoms with E-state index in [1.165, 1.54) is 4.88 Å². The number of hydrogen-bond donors (Lipinski definition) is 0. The van der Waals surface area contributed by atoms with Crippen molar-refractivity contribution in [2.24, 2.45) is 11.3 Å². The normalized spacial score (nSPS) is 24.7. The Morgan fingerprint density at radius 2 is 2.26 bits per heavy atom. The highest BCUT2D eigenvalue weighted by atomic mass is 32.1. The first kappa shape index (κ1) is 14.7. The summed E-state index contributed by atoms with van der Waals surface area (Å²) >= 11 is 1.80. The van der Waals surface area contributed by atoms with Crippen LogP contribution in [-0.2, 0) is 4.79 Å². The Morgan fingerprint density at radius 3 is 2.89 bits per heavy atom. The van der Waals surface area contributed by atoms with Gasteiger partial charge in [0.05, 0.1) is 0 Å². The molecule has 106 valence electrons. The molecule has 0 amide bonds. The molecule has 1 aromatic heterocycles. The number of ketones is 1. The zero-order valence-electron chi connectivity index (χ0n) is 12.5. The van der Waals surface area contributed by atoms with E-state index in [9.17, 15) is 4.79 Å². The van der Waals surface area contributed by atoms with Gasteiger partial charge in [-0.15, -0.1) is 11.3 Å². The third kappa shape index (κ3) is 3.67. The van der Waals surface area contributed by atoms with Crippen molar-refractivity contribution in [2.75, 3.05) is 13.6 Å². The smallest absolute Gasteiger partial charge is 0.137 e. The minimum atomic E-state index is 0.219. The van der Waals surface area contributed by atoms with Gasteiger partial charge in [-0.05, 0) is 43.7 Å². The van der Waals surface area contributed by atoms with E-state index in [-0.39, 0.29) is 5.92 Å². The molecule has 1 aliphatic carbocycles. The van der Waals surface area contributed by atoms with Crippen molar-refractivity contribution in [1.82, 2.24) is 4.90 Å². The van der Waals surface area contributed by atoms with Crippen molar-refractivity contribution in [1.29, 1.82) is 0 Å². The average molecular weight is 279 g/mol. The molecule has 0 saturated heterocycles. The number of carbonyl (C=O) groups is 1. The molecular formula is C16H25NOS. The van der Waals surface area contributed by atoms with Crippen LogP contribution in [0.1, 0.15) is 51.0 Å². The van der Waals surface area contributed by atoms with Crippen molar-refractivity contribution in [3.63, 3.8) is 0 Å². The molecular weight excluding hydrogens is 254 g/mol. The predicted molar refractivity (Wildman–Crippen MR) is 81.5 cm³/mol. The topological polar surface area (TPSA) is 20.3 Å². The van der Waals surface area contributed by atoms with E-state index >= 15 is 0 Å². The molecule has 0 spiro atoms. The minimum absolute atomic E-state index is 0.219. The molecule has 2 nitrogen and oxygen atoms in total. The van der Waals surface area contributed by atoms with Gasteiger partial charge >= 0.3 is 0 Å². The minimum Gasteiger partial charge on any atom is -0.299 e. The van der Waals surface area contributed by atoms with Gasteiger partial charge in [0.25, 0.3) is 0 Å². The number of thiophene rings is 1. The lowest BCUT2D eigenvalue weighted by Crippen LogP contribution is -2.38. The standard InChI is InChI=1S/C16H25NOS/c1-12(15-6-5-9-19-15)17(4)11-13-10-16(2,3)8-7-14(13)18/h5-6,9,12-13H,7-8,10-11H2,1-4H3. The fourth-order valence-electron chi connectivity index (χ4n) is 2.97. The van der Waals surface area contributed by atoms with Crippen molar-refractivity contribution in [2.45, 2.75) is 46.1 Å². The molecule has 1 fully saturated rings. The van der Waals surface area contributed by atoms with E-state index in [1.54, 1.807) is 11.3 Å². The largest absolute Gasteiger partial charge is 0.299 e. The van der Waals surface area contributed by atoms with Gasteiger partial charge in [0.1, 0.15) is 5.78 Å². The molecule has 1 saturated carbocycles. The molecule has 0 N–H and O–H groups in total. The molecule has 1 aromatic rings. The van der Waals surface area contributed by atoms with E-state index in [0.29, 0.717) is 17.2 Å². The van der Waals surface area contributed by atoms with E-state index in [1.807, 2.05) is 0 Å². The van der Waals surface area contributed by atoms with Gasteiger partial charge in [-0.2, -0.15) is 0 Å². The third-order valence-electron chi connectivity index (χ3n) is 4.43. The Morgan fingerprint density at radius 1 is 1.53 bits per heavy atom. The van der Waals surface area contributed by atoms with E-state index in [2.05, 4.69) is 50.2 Å². The Bertz CT molecular complexity index is 424. The lowest BCUT2D eigenvalue weighted by Gasteiger charge is -2.37. The fourth-order valence-corrected chi connectivity index (χ4v) is 3.82. The van der Waals surface area contributed by atoms with Gasteiger partial charge in [0.2, 0.25) is 0 Å². The van der Waals surface area contributed by atoms with Gasteiger partial charge in [-0.1, -0.05) is 19.9 Å². The van der Waals surface area contributed by atoms with Crippen LogP contribution in [0.3, 0.4) is 0 Å². The number of nitrogens with zero attached hydrogens (tertiary/aromatic N) is 1. The summed E-state index contributed by atoms with van der Waals surface area (Å²) in [7, 11) is 2.14. The number of carbonyl (C=O) groups excluding carboxylic acids is 1.